The van der Waals surface area contributed by atoms with Gasteiger partial charge in [-0.15, -0.1) is 0 Å². The molecule has 2 saturated heterocycles. The van der Waals surface area contributed by atoms with Crippen LogP contribution in [0.1, 0.15) is 19.3 Å². The highest BCUT2D eigenvalue weighted by atomic mass is 16.6. The minimum atomic E-state index is -0.256. The van der Waals surface area contributed by atoms with Crippen molar-refractivity contribution >= 4 is 17.1 Å². The number of piperidine rings is 1. The number of hydrogen-bond acceptors (Lipinski definition) is 5. The second-order valence-corrected chi connectivity index (χ2v) is 5.58. The fourth-order valence-corrected chi connectivity index (χ4v) is 3.08. The molecular formula is C15H21N3O3. The Morgan fingerprint density at radius 2 is 1.71 bits per heavy atom. The molecule has 0 aromatic heterocycles. The molecule has 2 fully saturated rings. The van der Waals surface area contributed by atoms with E-state index in [-0.39, 0.29) is 10.6 Å². The van der Waals surface area contributed by atoms with Gasteiger partial charge in [-0.25, -0.2) is 0 Å². The molecule has 0 aliphatic carbocycles. The van der Waals surface area contributed by atoms with Crippen molar-refractivity contribution in [2.24, 2.45) is 0 Å². The average Bonchev–Trinajstić information content (AvgIpc) is 2.56. The van der Waals surface area contributed by atoms with E-state index < -0.39 is 0 Å². The van der Waals surface area contributed by atoms with E-state index in [1.165, 1.54) is 6.42 Å². The largest absolute Gasteiger partial charge is 0.378 e. The Morgan fingerprint density at radius 3 is 2.38 bits per heavy atom. The summed E-state index contributed by atoms with van der Waals surface area (Å²) >= 11 is 0. The van der Waals surface area contributed by atoms with Gasteiger partial charge in [0.05, 0.1) is 18.1 Å². The number of morpholine rings is 1. The first-order chi connectivity index (χ1) is 10.3. The second-order valence-electron chi connectivity index (χ2n) is 5.58. The summed E-state index contributed by atoms with van der Waals surface area (Å²) in [7, 11) is 0. The molecule has 1 aromatic rings. The van der Waals surface area contributed by atoms with Gasteiger partial charge in [-0.2, -0.15) is 0 Å². The van der Waals surface area contributed by atoms with E-state index >= 15 is 0 Å². The molecule has 21 heavy (non-hydrogen) atoms. The summed E-state index contributed by atoms with van der Waals surface area (Å²) in [6.07, 6.45) is 3.45. The van der Waals surface area contributed by atoms with E-state index in [2.05, 4.69) is 9.80 Å². The van der Waals surface area contributed by atoms with Crippen LogP contribution in [0.2, 0.25) is 0 Å². The van der Waals surface area contributed by atoms with Crippen molar-refractivity contribution in [1.82, 2.24) is 0 Å². The number of hydrogen-bond donors (Lipinski definition) is 0. The van der Waals surface area contributed by atoms with Crippen LogP contribution in [0.25, 0.3) is 0 Å². The summed E-state index contributed by atoms with van der Waals surface area (Å²) in [5, 5.41) is 11.4. The van der Waals surface area contributed by atoms with Gasteiger partial charge >= 0.3 is 0 Å². The molecule has 0 unspecified atom stereocenters. The third-order valence-electron chi connectivity index (χ3n) is 4.23. The molecule has 3 rings (SSSR count). The molecule has 0 N–H and O–H groups in total. The molecule has 0 spiro atoms. The maximum absolute atomic E-state index is 11.4. The monoisotopic (exact) mass is 291 g/mol. The predicted molar refractivity (Wildman–Crippen MR) is 82.2 cm³/mol. The Balaban J connectivity index is 1.88. The smallest absolute Gasteiger partial charge is 0.294 e. The number of nitrogens with zero attached hydrogens (tertiary/aromatic N) is 3. The van der Waals surface area contributed by atoms with E-state index in [4.69, 9.17) is 4.74 Å². The summed E-state index contributed by atoms with van der Waals surface area (Å²) in [6, 6.07) is 5.63. The summed E-state index contributed by atoms with van der Waals surface area (Å²) in [5.74, 6) is 0. The molecule has 6 nitrogen and oxygen atoms in total. The average molecular weight is 291 g/mol. The molecule has 6 heteroatoms. The first kappa shape index (κ1) is 14.1. The van der Waals surface area contributed by atoms with E-state index in [0.717, 1.165) is 50.4 Å². The van der Waals surface area contributed by atoms with E-state index in [9.17, 15) is 10.1 Å². The molecule has 2 aliphatic rings. The molecular weight excluding hydrogens is 270 g/mol. The third kappa shape index (κ3) is 3.10. The maximum Gasteiger partial charge on any atom is 0.294 e. The number of ether oxygens (including phenoxy) is 1. The van der Waals surface area contributed by atoms with Gasteiger partial charge in [-0.1, -0.05) is 0 Å². The number of nitro benzene ring substituents is 1. The summed E-state index contributed by atoms with van der Waals surface area (Å²) in [5.41, 5.74) is 1.91. The number of anilines is 2. The normalized spacial score (nSPS) is 19.6. The summed E-state index contributed by atoms with van der Waals surface area (Å²) in [4.78, 5) is 15.5. The van der Waals surface area contributed by atoms with Gasteiger partial charge in [0.2, 0.25) is 0 Å². The van der Waals surface area contributed by atoms with Gasteiger partial charge in [-0.05, 0) is 31.4 Å². The van der Waals surface area contributed by atoms with E-state index in [0.29, 0.717) is 13.2 Å². The van der Waals surface area contributed by atoms with Gasteiger partial charge in [0, 0.05) is 37.9 Å². The van der Waals surface area contributed by atoms with Crippen molar-refractivity contribution in [3.05, 3.63) is 28.3 Å². The Labute approximate surface area is 124 Å². The lowest BCUT2D eigenvalue weighted by atomic mass is 10.1. The van der Waals surface area contributed by atoms with Crippen LogP contribution in [0.15, 0.2) is 18.2 Å². The molecule has 2 heterocycles. The van der Waals surface area contributed by atoms with Crippen LogP contribution in [0, 0.1) is 10.1 Å². The molecule has 114 valence electrons. The zero-order chi connectivity index (χ0) is 14.7. The highest BCUT2D eigenvalue weighted by molar-refractivity contribution is 5.70. The molecule has 0 bridgehead atoms. The zero-order valence-corrected chi connectivity index (χ0v) is 12.2. The Morgan fingerprint density at radius 1 is 1.00 bits per heavy atom. The Bertz CT molecular complexity index is 509. The van der Waals surface area contributed by atoms with Crippen LogP contribution < -0.4 is 9.80 Å². The lowest BCUT2D eigenvalue weighted by molar-refractivity contribution is -0.384. The first-order valence-electron chi connectivity index (χ1n) is 7.62. The van der Waals surface area contributed by atoms with Gasteiger partial charge in [0.1, 0.15) is 5.69 Å². The molecule has 0 radical (unpaired) electrons. The van der Waals surface area contributed by atoms with Crippen LogP contribution in [0.5, 0.6) is 0 Å². The van der Waals surface area contributed by atoms with E-state index in [1.54, 1.807) is 6.07 Å². The number of benzene rings is 1. The van der Waals surface area contributed by atoms with Crippen molar-refractivity contribution in [3.8, 4) is 0 Å². The van der Waals surface area contributed by atoms with Crippen molar-refractivity contribution in [3.63, 3.8) is 0 Å². The Kier molecular flexibility index (Phi) is 4.24. The minimum absolute atomic E-state index is 0.223. The quantitative estimate of drug-likeness (QED) is 0.632. The van der Waals surface area contributed by atoms with Crippen LogP contribution in [-0.4, -0.2) is 44.3 Å². The highest BCUT2D eigenvalue weighted by Crippen LogP contribution is 2.34. The number of rotatable bonds is 3. The van der Waals surface area contributed by atoms with Crippen LogP contribution in [0.4, 0.5) is 17.1 Å². The Hall–Kier alpha value is -1.82. The zero-order valence-electron chi connectivity index (χ0n) is 12.2. The van der Waals surface area contributed by atoms with Gasteiger partial charge in [0.25, 0.3) is 5.69 Å². The van der Waals surface area contributed by atoms with Crippen LogP contribution in [0.3, 0.4) is 0 Å². The summed E-state index contributed by atoms with van der Waals surface area (Å²) < 4.78 is 5.33. The summed E-state index contributed by atoms with van der Waals surface area (Å²) in [6.45, 7) is 4.78. The topological polar surface area (TPSA) is 58.9 Å². The van der Waals surface area contributed by atoms with Gasteiger partial charge < -0.3 is 14.5 Å². The fraction of sp³-hybridized carbons (Fsp3) is 0.600. The lowest BCUT2D eigenvalue weighted by Gasteiger charge is -2.31. The van der Waals surface area contributed by atoms with Gasteiger partial charge in [0.15, 0.2) is 0 Å². The molecule has 0 saturated carbocycles. The van der Waals surface area contributed by atoms with Crippen molar-refractivity contribution in [2.45, 2.75) is 19.3 Å². The van der Waals surface area contributed by atoms with Crippen molar-refractivity contribution in [2.75, 3.05) is 49.2 Å². The van der Waals surface area contributed by atoms with Crippen molar-refractivity contribution in [1.29, 1.82) is 0 Å². The maximum atomic E-state index is 11.4. The lowest BCUT2D eigenvalue weighted by Crippen LogP contribution is -2.36. The van der Waals surface area contributed by atoms with Crippen LogP contribution >= 0.6 is 0 Å². The fourth-order valence-electron chi connectivity index (χ4n) is 3.08. The second kappa shape index (κ2) is 6.30. The standard InChI is InChI=1S/C15H21N3O3/c19-18(20)15-12-13(16-8-10-21-11-9-16)4-5-14(15)17-6-2-1-3-7-17/h4-5,12H,1-3,6-11H2. The predicted octanol–water partition coefficient (Wildman–Crippen LogP) is 2.42. The first-order valence-corrected chi connectivity index (χ1v) is 7.62. The van der Waals surface area contributed by atoms with E-state index in [1.807, 2.05) is 12.1 Å². The van der Waals surface area contributed by atoms with Gasteiger partial charge in [-0.3, -0.25) is 10.1 Å². The molecule has 0 amide bonds. The number of nitro groups is 1. The SMILES string of the molecule is O=[N+]([O-])c1cc(N2CCOCC2)ccc1N1CCCCC1. The highest BCUT2D eigenvalue weighted by Gasteiger charge is 2.23. The molecule has 0 atom stereocenters. The third-order valence-corrected chi connectivity index (χ3v) is 4.23. The molecule has 2 aliphatic heterocycles. The van der Waals surface area contributed by atoms with Crippen molar-refractivity contribution < 1.29 is 9.66 Å². The van der Waals surface area contributed by atoms with Crippen LogP contribution in [-0.2, 0) is 4.74 Å². The molecule has 1 aromatic carbocycles. The minimum Gasteiger partial charge on any atom is -0.378 e.